The maximum absolute atomic E-state index is 13.9. The van der Waals surface area contributed by atoms with Crippen LogP contribution in [0.15, 0.2) is 24.3 Å². The Bertz CT molecular complexity index is 1230. The Labute approximate surface area is 203 Å². The third kappa shape index (κ3) is 5.21. The van der Waals surface area contributed by atoms with Crippen LogP contribution in [0.1, 0.15) is 25.7 Å². The minimum atomic E-state index is -2.22. The van der Waals surface area contributed by atoms with E-state index in [1.165, 1.54) is 0 Å². The van der Waals surface area contributed by atoms with Crippen molar-refractivity contribution in [3.63, 3.8) is 0 Å². The number of nitrogens with one attached hydrogen (secondary N) is 3. The number of para-hydroxylation sites is 1. The largest absolute Gasteiger partial charge is 0.362 e. The fourth-order valence-corrected chi connectivity index (χ4v) is 4.35. The Hall–Kier alpha value is -3.28. The number of hydrogen-bond donors (Lipinski definition) is 3. The summed E-state index contributed by atoms with van der Waals surface area (Å²) in [4.78, 5) is 11.2. The van der Waals surface area contributed by atoms with Gasteiger partial charge < -0.3 is 20.9 Å². The van der Waals surface area contributed by atoms with E-state index in [1.807, 2.05) is 43.3 Å². The number of nitrogens with zero attached hydrogens (tertiary/aromatic N) is 3. The maximum Gasteiger partial charge on any atom is 0.225 e. The summed E-state index contributed by atoms with van der Waals surface area (Å²) in [5.41, 5.74) is -0.354. The molecule has 0 atom stereocenters. The van der Waals surface area contributed by atoms with Gasteiger partial charge in [-0.25, -0.2) is 26.9 Å². The predicted molar refractivity (Wildman–Crippen MR) is 129 cm³/mol. The molecule has 0 saturated heterocycles. The van der Waals surface area contributed by atoms with Crippen LogP contribution in [0.25, 0.3) is 10.9 Å². The molecule has 2 aromatic carbocycles. The smallest absolute Gasteiger partial charge is 0.225 e. The van der Waals surface area contributed by atoms with E-state index in [0.717, 1.165) is 29.6 Å². The van der Waals surface area contributed by atoms with Gasteiger partial charge in [0.05, 0.1) is 5.52 Å². The van der Waals surface area contributed by atoms with E-state index in [9.17, 15) is 22.0 Å². The summed E-state index contributed by atoms with van der Waals surface area (Å²) in [5.74, 6) is -8.89. The molecule has 186 valence electrons. The molecule has 0 aliphatic heterocycles. The van der Waals surface area contributed by atoms with Crippen molar-refractivity contribution in [2.24, 2.45) is 0 Å². The van der Waals surface area contributed by atoms with E-state index in [2.05, 4.69) is 25.9 Å². The molecule has 1 aliphatic carbocycles. The van der Waals surface area contributed by atoms with Crippen LogP contribution in [0.2, 0.25) is 0 Å². The van der Waals surface area contributed by atoms with Crippen LogP contribution >= 0.6 is 12.2 Å². The summed E-state index contributed by atoms with van der Waals surface area (Å²) in [5, 5.41) is 9.09. The predicted octanol–water partition coefficient (Wildman–Crippen LogP) is 5.10. The molecule has 1 fully saturated rings. The van der Waals surface area contributed by atoms with Gasteiger partial charge in [0, 0.05) is 31.6 Å². The normalized spacial score (nSPS) is 17.8. The van der Waals surface area contributed by atoms with Crippen molar-refractivity contribution in [1.82, 2.24) is 15.3 Å². The highest BCUT2D eigenvalue weighted by atomic mass is 32.1. The average Bonchev–Trinajstić information content (AvgIpc) is 2.85. The highest BCUT2D eigenvalue weighted by molar-refractivity contribution is 7.80. The van der Waals surface area contributed by atoms with E-state index in [4.69, 9.17) is 12.2 Å². The second kappa shape index (κ2) is 10.1. The summed E-state index contributed by atoms with van der Waals surface area (Å²) in [6, 6.07) is 7.71. The first-order valence-corrected chi connectivity index (χ1v) is 11.4. The molecule has 1 saturated carbocycles. The van der Waals surface area contributed by atoms with Crippen molar-refractivity contribution >= 4 is 45.7 Å². The Morgan fingerprint density at radius 3 is 2.06 bits per heavy atom. The second-order valence-electron chi connectivity index (χ2n) is 8.52. The van der Waals surface area contributed by atoms with Gasteiger partial charge in [-0.15, -0.1) is 0 Å². The van der Waals surface area contributed by atoms with Crippen LogP contribution in [-0.2, 0) is 0 Å². The summed E-state index contributed by atoms with van der Waals surface area (Å²) < 4.78 is 67.8. The topological polar surface area (TPSA) is 65.1 Å². The average molecular weight is 511 g/mol. The zero-order valence-electron chi connectivity index (χ0n) is 18.9. The van der Waals surface area contributed by atoms with Gasteiger partial charge in [-0.3, -0.25) is 0 Å². The van der Waals surface area contributed by atoms with Crippen LogP contribution in [0.4, 0.5) is 39.4 Å². The number of hydrogen-bond acceptors (Lipinski definition) is 5. The van der Waals surface area contributed by atoms with Gasteiger partial charge in [0.25, 0.3) is 0 Å². The zero-order valence-corrected chi connectivity index (χ0v) is 19.7. The van der Waals surface area contributed by atoms with Gasteiger partial charge in [0.15, 0.2) is 28.4 Å². The van der Waals surface area contributed by atoms with Crippen LogP contribution in [-0.4, -0.2) is 41.3 Å². The van der Waals surface area contributed by atoms with Crippen molar-refractivity contribution in [3.05, 3.63) is 53.4 Å². The number of fused-ring (bicyclic) bond motifs is 1. The molecule has 1 aromatic heterocycles. The van der Waals surface area contributed by atoms with E-state index in [0.29, 0.717) is 18.8 Å². The van der Waals surface area contributed by atoms with E-state index in [1.54, 1.807) is 0 Å². The molecule has 0 unspecified atom stereocenters. The molecule has 0 amide bonds. The molecule has 6 nitrogen and oxygen atoms in total. The lowest BCUT2D eigenvalue weighted by Gasteiger charge is -2.30. The zero-order chi connectivity index (χ0) is 25.3. The van der Waals surface area contributed by atoms with Crippen molar-refractivity contribution in [3.8, 4) is 0 Å². The van der Waals surface area contributed by atoms with Gasteiger partial charge in [-0.2, -0.15) is 4.98 Å². The van der Waals surface area contributed by atoms with Crippen LogP contribution in [0.5, 0.6) is 0 Å². The molecule has 4 rings (SSSR count). The van der Waals surface area contributed by atoms with Gasteiger partial charge in [-0.1, -0.05) is 12.1 Å². The van der Waals surface area contributed by atoms with Crippen molar-refractivity contribution < 1.29 is 22.0 Å². The molecule has 3 N–H and O–H groups in total. The first-order chi connectivity index (χ1) is 16.7. The molecule has 12 heteroatoms. The number of thiocarbonyl (C=S) groups is 1. The Kier molecular flexibility index (Phi) is 7.20. The van der Waals surface area contributed by atoms with Gasteiger partial charge in [0.1, 0.15) is 11.5 Å². The minimum absolute atomic E-state index is 0.0981. The summed E-state index contributed by atoms with van der Waals surface area (Å²) in [6.07, 6.45) is 2.78. The quantitative estimate of drug-likeness (QED) is 0.191. The fraction of sp³-hybridized carbons (Fsp3) is 0.348. The van der Waals surface area contributed by atoms with Crippen LogP contribution in [0, 0.1) is 29.1 Å². The molecular weight excluding hydrogens is 487 g/mol. The Balaban J connectivity index is 1.36. The van der Waals surface area contributed by atoms with E-state index < -0.39 is 34.8 Å². The monoisotopic (exact) mass is 510 g/mol. The van der Waals surface area contributed by atoms with Crippen molar-refractivity contribution in [1.29, 1.82) is 0 Å². The number of anilines is 3. The number of aromatic nitrogens is 2. The SMILES string of the molecule is CN(C)c1nc(NC2CCC(NC(=S)Nc3c(F)c(F)c(F)c(F)c3F)CC2)nc2ccccc12. The highest BCUT2D eigenvalue weighted by Crippen LogP contribution is 2.28. The lowest BCUT2D eigenvalue weighted by atomic mass is 9.91. The summed E-state index contributed by atoms with van der Waals surface area (Å²) in [7, 11) is 3.83. The standard InChI is InChI=1S/C23H23F5N6S/c1-34(2)21-13-5-3-4-6-14(13)31-22(33-21)29-11-7-9-12(10-8-11)30-23(35)32-20-18(27)16(25)15(24)17(26)19(20)28/h3-6,11-12H,7-10H2,1-2H3,(H,29,31,33)(H2,30,32,35). The molecule has 0 spiro atoms. The van der Waals surface area contributed by atoms with Crippen LogP contribution in [0.3, 0.4) is 0 Å². The number of halogens is 5. The maximum atomic E-state index is 13.9. The third-order valence-corrected chi connectivity index (χ3v) is 6.07. The molecule has 35 heavy (non-hydrogen) atoms. The molecule has 0 radical (unpaired) electrons. The second-order valence-corrected chi connectivity index (χ2v) is 8.93. The summed E-state index contributed by atoms with van der Waals surface area (Å²) >= 11 is 5.04. The molecule has 1 heterocycles. The molecule has 3 aromatic rings. The van der Waals surface area contributed by atoms with Gasteiger partial charge in [-0.05, 0) is 50.0 Å². The molecule has 0 bridgehead atoms. The molecular formula is C23H23F5N6S. The van der Waals surface area contributed by atoms with Gasteiger partial charge >= 0.3 is 0 Å². The van der Waals surface area contributed by atoms with Crippen molar-refractivity contribution in [2.45, 2.75) is 37.8 Å². The third-order valence-electron chi connectivity index (χ3n) is 5.85. The van der Waals surface area contributed by atoms with E-state index >= 15 is 0 Å². The van der Waals surface area contributed by atoms with E-state index in [-0.39, 0.29) is 17.2 Å². The molecule has 1 aliphatic rings. The lowest BCUT2D eigenvalue weighted by molar-refractivity contribution is 0.381. The fourth-order valence-electron chi connectivity index (χ4n) is 4.08. The number of benzene rings is 2. The first-order valence-electron chi connectivity index (χ1n) is 10.9. The first kappa shape index (κ1) is 24.8. The van der Waals surface area contributed by atoms with Gasteiger partial charge in [0.2, 0.25) is 11.8 Å². The number of rotatable bonds is 5. The highest BCUT2D eigenvalue weighted by Gasteiger charge is 2.27. The lowest BCUT2D eigenvalue weighted by Crippen LogP contribution is -2.42. The minimum Gasteiger partial charge on any atom is -0.362 e. The Morgan fingerprint density at radius 1 is 0.857 bits per heavy atom. The Morgan fingerprint density at radius 2 is 1.43 bits per heavy atom. The van der Waals surface area contributed by atoms with Crippen molar-refractivity contribution in [2.75, 3.05) is 29.6 Å². The van der Waals surface area contributed by atoms with Crippen LogP contribution < -0.4 is 20.9 Å². The summed E-state index contributed by atoms with van der Waals surface area (Å²) in [6.45, 7) is 0.